The van der Waals surface area contributed by atoms with Gasteiger partial charge in [-0.2, -0.15) is 5.26 Å². The minimum Gasteiger partial charge on any atom is -0.454 e. The van der Waals surface area contributed by atoms with E-state index >= 15 is 0 Å². The Labute approximate surface area is 172 Å². The van der Waals surface area contributed by atoms with Crippen LogP contribution in [0.5, 0.6) is 11.5 Å². The molecule has 2 aromatic rings. The molecule has 1 saturated heterocycles. The van der Waals surface area contributed by atoms with Gasteiger partial charge in [-0.25, -0.2) is 4.79 Å². The molecule has 4 amide bonds. The van der Waals surface area contributed by atoms with Crippen molar-refractivity contribution in [2.24, 2.45) is 0 Å². The molecule has 1 fully saturated rings. The number of carbonyl (C=O) groups is 3. The van der Waals surface area contributed by atoms with Gasteiger partial charge < -0.3 is 20.1 Å². The van der Waals surface area contributed by atoms with Crippen molar-refractivity contribution in [3.63, 3.8) is 0 Å². The number of hydrogen-bond acceptors (Lipinski definition) is 6. The lowest BCUT2D eigenvalue weighted by molar-refractivity contribution is -0.134. The zero-order chi connectivity index (χ0) is 21.3. The van der Waals surface area contributed by atoms with Crippen LogP contribution in [0.3, 0.4) is 0 Å². The van der Waals surface area contributed by atoms with Crippen LogP contribution in [0, 0.1) is 11.3 Å². The molecule has 2 aliphatic heterocycles. The first kappa shape index (κ1) is 19.3. The third kappa shape index (κ3) is 3.39. The largest absolute Gasteiger partial charge is 0.454 e. The Kier molecular flexibility index (Phi) is 4.75. The highest BCUT2D eigenvalue weighted by Gasteiger charge is 2.49. The van der Waals surface area contributed by atoms with E-state index in [1.54, 1.807) is 49.4 Å². The quantitative estimate of drug-likeness (QED) is 0.724. The van der Waals surface area contributed by atoms with Crippen molar-refractivity contribution in [1.29, 1.82) is 5.26 Å². The highest BCUT2D eigenvalue weighted by Crippen LogP contribution is 2.32. The van der Waals surface area contributed by atoms with Gasteiger partial charge in [0, 0.05) is 6.54 Å². The molecule has 9 nitrogen and oxygen atoms in total. The molecule has 9 heteroatoms. The smallest absolute Gasteiger partial charge is 0.325 e. The topological polar surface area (TPSA) is 121 Å². The zero-order valence-corrected chi connectivity index (χ0v) is 16.1. The van der Waals surface area contributed by atoms with E-state index in [1.807, 2.05) is 6.07 Å². The molecular formula is C21H18N4O5. The summed E-state index contributed by atoms with van der Waals surface area (Å²) in [6.45, 7) is 1.54. The zero-order valence-electron chi connectivity index (χ0n) is 16.1. The molecule has 2 aromatic carbocycles. The Morgan fingerprint density at radius 3 is 2.67 bits per heavy atom. The number of urea groups is 1. The summed E-state index contributed by atoms with van der Waals surface area (Å²) in [5.41, 5.74) is 0.470. The summed E-state index contributed by atoms with van der Waals surface area (Å²) in [5, 5.41) is 14.2. The lowest BCUT2D eigenvalue weighted by Crippen LogP contribution is -2.43. The van der Waals surface area contributed by atoms with Crippen molar-refractivity contribution in [2.75, 3.05) is 13.3 Å². The van der Waals surface area contributed by atoms with Crippen LogP contribution in [0.1, 0.15) is 23.6 Å². The number of benzene rings is 2. The van der Waals surface area contributed by atoms with Gasteiger partial charge in [-0.3, -0.25) is 14.5 Å². The normalized spacial score (nSPS) is 19.4. The number of imide groups is 1. The molecule has 1 atom stereocenters. The van der Waals surface area contributed by atoms with Crippen LogP contribution in [-0.4, -0.2) is 36.1 Å². The van der Waals surface area contributed by atoms with Crippen molar-refractivity contribution < 1.29 is 23.9 Å². The second-order valence-electron chi connectivity index (χ2n) is 7.10. The fourth-order valence-corrected chi connectivity index (χ4v) is 3.37. The summed E-state index contributed by atoms with van der Waals surface area (Å²) < 4.78 is 10.5. The fourth-order valence-electron chi connectivity index (χ4n) is 3.37. The molecule has 2 heterocycles. The predicted molar refractivity (Wildman–Crippen MR) is 103 cm³/mol. The van der Waals surface area contributed by atoms with Gasteiger partial charge in [0.25, 0.3) is 5.91 Å². The van der Waals surface area contributed by atoms with Crippen LogP contribution in [0.25, 0.3) is 0 Å². The Hall–Kier alpha value is -4.06. The van der Waals surface area contributed by atoms with Crippen LogP contribution < -0.4 is 20.1 Å². The molecular weight excluding hydrogens is 388 g/mol. The average Bonchev–Trinajstić information content (AvgIpc) is 3.30. The van der Waals surface area contributed by atoms with Crippen molar-refractivity contribution in [3.05, 3.63) is 59.2 Å². The van der Waals surface area contributed by atoms with Gasteiger partial charge in [0.15, 0.2) is 11.5 Å². The summed E-state index contributed by atoms with van der Waals surface area (Å²) in [5.74, 6) is 0.246. The van der Waals surface area contributed by atoms with Crippen molar-refractivity contribution in [3.8, 4) is 17.6 Å². The van der Waals surface area contributed by atoms with Crippen molar-refractivity contribution in [1.82, 2.24) is 15.5 Å². The first-order valence-electron chi connectivity index (χ1n) is 9.21. The maximum atomic E-state index is 12.9. The van der Waals surface area contributed by atoms with Gasteiger partial charge in [-0.1, -0.05) is 18.2 Å². The molecule has 30 heavy (non-hydrogen) atoms. The summed E-state index contributed by atoms with van der Waals surface area (Å²) in [6.07, 6.45) is 0. The number of amides is 4. The Morgan fingerprint density at radius 1 is 1.20 bits per heavy atom. The number of nitrogens with zero attached hydrogens (tertiary/aromatic N) is 2. The molecule has 2 aliphatic rings. The number of carbonyl (C=O) groups excluding carboxylic acids is 3. The summed E-state index contributed by atoms with van der Waals surface area (Å²) >= 11 is 0. The van der Waals surface area contributed by atoms with Crippen LogP contribution in [0.2, 0.25) is 0 Å². The number of nitriles is 1. The molecule has 0 spiro atoms. The van der Waals surface area contributed by atoms with Crippen molar-refractivity contribution >= 4 is 17.8 Å². The first-order valence-corrected chi connectivity index (χ1v) is 9.21. The molecule has 2 N–H and O–H groups in total. The van der Waals surface area contributed by atoms with Crippen LogP contribution >= 0.6 is 0 Å². The predicted octanol–water partition coefficient (Wildman–Crippen LogP) is 1.37. The Morgan fingerprint density at radius 2 is 1.93 bits per heavy atom. The fraction of sp³-hybridized carbons (Fsp3) is 0.238. The summed E-state index contributed by atoms with van der Waals surface area (Å²) in [6, 6.07) is 13.0. The number of fused-ring (bicyclic) bond motifs is 1. The molecule has 1 unspecified atom stereocenters. The van der Waals surface area contributed by atoms with E-state index in [-0.39, 0.29) is 13.3 Å². The van der Waals surface area contributed by atoms with Gasteiger partial charge in [0.2, 0.25) is 12.7 Å². The second kappa shape index (κ2) is 7.40. The molecule has 0 aromatic heterocycles. The van der Waals surface area contributed by atoms with E-state index in [2.05, 4.69) is 10.6 Å². The van der Waals surface area contributed by atoms with E-state index in [0.717, 1.165) is 10.5 Å². The standard InChI is InChI=1S/C21H18N4O5/c1-21(15-5-2-13(9-22)3-6-15)19(27)25(20(28)24-21)11-18(26)23-10-14-4-7-16-17(8-14)30-12-29-16/h2-8H,10-12H2,1H3,(H,23,26)(H,24,28). The second-order valence-corrected chi connectivity index (χ2v) is 7.10. The number of rotatable bonds is 5. The molecule has 0 bridgehead atoms. The minimum absolute atomic E-state index is 0.162. The van der Waals surface area contributed by atoms with E-state index < -0.39 is 29.9 Å². The molecule has 4 rings (SSSR count). The van der Waals surface area contributed by atoms with Crippen LogP contribution in [0.15, 0.2) is 42.5 Å². The number of hydrogen-bond donors (Lipinski definition) is 2. The Balaban J connectivity index is 1.40. The van der Waals surface area contributed by atoms with Gasteiger partial charge in [0.05, 0.1) is 11.6 Å². The van der Waals surface area contributed by atoms with Crippen LogP contribution in [0.4, 0.5) is 4.79 Å². The monoisotopic (exact) mass is 406 g/mol. The summed E-state index contributed by atoms with van der Waals surface area (Å²) in [7, 11) is 0. The van der Waals surface area contributed by atoms with Gasteiger partial charge in [-0.05, 0) is 42.3 Å². The molecule has 0 saturated carbocycles. The van der Waals surface area contributed by atoms with Gasteiger partial charge in [0.1, 0.15) is 12.1 Å². The maximum Gasteiger partial charge on any atom is 0.325 e. The maximum absolute atomic E-state index is 12.9. The molecule has 0 aliphatic carbocycles. The lowest BCUT2D eigenvalue weighted by atomic mass is 9.91. The SMILES string of the molecule is CC1(c2ccc(C#N)cc2)NC(=O)N(CC(=O)NCc2ccc3c(c2)OCO3)C1=O. The average molecular weight is 406 g/mol. The third-order valence-corrected chi connectivity index (χ3v) is 5.09. The Bertz CT molecular complexity index is 1080. The van der Waals surface area contributed by atoms with Gasteiger partial charge >= 0.3 is 6.03 Å². The highest BCUT2D eigenvalue weighted by atomic mass is 16.7. The van der Waals surface area contributed by atoms with E-state index in [4.69, 9.17) is 14.7 Å². The summed E-state index contributed by atoms with van der Waals surface area (Å²) in [4.78, 5) is 38.5. The van der Waals surface area contributed by atoms with E-state index in [0.29, 0.717) is 22.6 Å². The number of ether oxygens (including phenoxy) is 2. The third-order valence-electron chi connectivity index (χ3n) is 5.09. The minimum atomic E-state index is -1.30. The highest BCUT2D eigenvalue weighted by molar-refractivity contribution is 6.09. The number of nitrogens with one attached hydrogen (secondary N) is 2. The first-order chi connectivity index (χ1) is 14.4. The molecule has 152 valence electrons. The van der Waals surface area contributed by atoms with E-state index in [1.165, 1.54) is 0 Å². The molecule has 0 radical (unpaired) electrons. The van der Waals surface area contributed by atoms with Crippen LogP contribution in [-0.2, 0) is 21.7 Å². The van der Waals surface area contributed by atoms with Gasteiger partial charge in [-0.15, -0.1) is 0 Å². The lowest BCUT2D eigenvalue weighted by Gasteiger charge is -2.22. The van der Waals surface area contributed by atoms with E-state index in [9.17, 15) is 14.4 Å². The van der Waals surface area contributed by atoms with Crippen molar-refractivity contribution in [2.45, 2.75) is 19.0 Å².